The van der Waals surface area contributed by atoms with Crippen molar-refractivity contribution in [2.75, 3.05) is 26.2 Å². The summed E-state index contributed by atoms with van der Waals surface area (Å²) in [5.41, 5.74) is -0.339. The Morgan fingerprint density at radius 3 is 2.67 bits per heavy atom. The van der Waals surface area contributed by atoms with Gasteiger partial charge in [-0.15, -0.1) is 0 Å². The third-order valence-corrected chi connectivity index (χ3v) is 3.02. The van der Waals surface area contributed by atoms with Gasteiger partial charge in [0.15, 0.2) is 5.65 Å². The van der Waals surface area contributed by atoms with E-state index in [0.29, 0.717) is 23.5 Å². The van der Waals surface area contributed by atoms with Gasteiger partial charge < -0.3 is 10.3 Å². The number of nitrogens with one attached hydrogen (secondary N) is 4. The van der Waals surface area contributed by atoms with Crippen molar-refractivity contribution in [1.29, 1.82) is 0 Å². The van der Waals surface area contributed by atoms with Gasteiger partial charge in [0.2, 0.25) is 0 Å². The molecule has 2 aromatic heterocycles. The Morgan fingerprint density at radius 1 is 1.11 bits per heavy atom. The lowest BCUT2D eigenvalue weighted by Gasteiger charge is -2.25. The molecule has 0 aliphatic carbocycles. The number of imidazole rings is 1. The third kappa shape index (κ3) is 2.07. The second kappa shape index (κ2) is 4.39. The maximum atomic E-state index is 11.5. The number of aromatic nitrogens is 4. The summed E-state index contributed by atoms with van der Waals surface area (Å²) in [6.45, 7) is 4.46. The molecule has 0 spiro atoms. The molecule has 8 nitrogen and oxygen atoms in total. The average molecular weight is 250 g/mol. The number of rotatable bonds is 2. The van der Waals surface area contributed by atoms with Crippen molar-refractivity contribution >= 4 is 11.2 Å². The van der Waals surface area contributed by atoms with Crippen LogP contribution < -0.4 is 16.6 Å². The maximum Gasteiger partial charge on any atom is 0.327 e. The van der Waals surface area contributed by atoms with Crippen LogP contribution in [0.5, 0.6) is 0 Å². The number of hydrogen-bond acceptors (Lipinski definition) is 5. The monoisotopic (exact) mass is 250 g/mol. The van der Waals surface area contributed by atoms with Crippen LogP contribution in [0.3, 0.4) is 0 Å². The van der Waals surface area contributed by atoms with Gasteiger partial charge in [-0.25, -0.2) is 9.78 Å². The molecule has 2 aromatic rings. The highest BCUT2D eigenvalue weighted by Crippen LogP contribution is 2.05. The molecule has 0 atom stereocenters. The summed E-state index contributed by atoms with van der Waals surface area (Å²) < 4.78 is 0. The molecule has 8 heteroatoms. The van der Waals surface area contributed by atoms with Crippen molar-refractivity contribution in [1.82, 2.24) is 30.2 Å². The number of fused-ring (bicyclic) bond motifs is 1. The second-order valence-corrected chi connectivity index (χ2v) is 4.34. The highest BCUT2D eigenvalue weighted by Gasteiger charge is 2.13. The number of H-pyrrole nitrogens is 3. The lowest BCUT2D eigenvalue weighted by Crippen LogP contribution is -2.43. The minimum Gasteiger partial charge on any atom is -0.335 e. The van der Waals surface area contributed by atoms with E-state index in [4.69, 9.17) is 0 Å². The van der Waals surface area contributed by atoms with Crippen molar-refractivity contribution in [2.45, 2.75) is 6.54 Å². The molecule has 4 N–H and O–H groups in total. The van der Waals surface area contributed by atoms with Gasteiger partial charge in [0.05, 0.1) is 6.54 Å². The van der Waals surface area contributed by atoms with Gasteiger partial charge in [-0.1, -0.05) is 0 Å². The van der Waals surface area contributed by atoms with Gasteiger partial charge in [0, 0.05) is 26.2 Å². The zero-order chi connectivity index (χ0) is 12.5. The number of aromatic amines is 3. The third-order valence-electron chi connectivity index (χ3n) is 3.02. The van der Waals surface area contributed by atoms with Crippen LogP contribution in [0.1, 0.15) is 5.82 Å². The topological polar surface area (TPSA) is 110 Å². The molecule has 0 aromatic carbocycles. The number of hydrogen-bond donors (Lipinski definition) is 4. The fourth-order valence-corrected chi connectivity index (χ4v) is 2.14. The Kier molecular flexibility index (Phi) is 2.73. The maximum absolute atomic E-state index is 11.5. The first kappa shape index (κ1) is 11.2. The van der Waals surface area contributed by atoms with Crippen LogP contribution in [0.15, 0.2) is 9.59 Å². The molecule has 96 valence electrons. The van der Waals surface area contributed by atoms with E-state index in [2.05, 4.69) is 30.2 Å². The van der Waals surface area contributed by atoms with Gasteiger partial charge in [-0.2, -0.15) is 0 Å². The van der Waals surface area contributed by atoms with Crippen molar-refractivity contribution in [3.05, 3.63) is 26.7 Å². The average Bonchev–Trinajstić information content (AvgIpc) is 2.73. The molecule has 1 saturated heterocycles. The van der Waals surface area contributed by atoms with Crippen LogP contribution in [0.25, 0.3) is 11.2 Å². The Hall–Kier alpha value is -1.93. The van der Waals surface area contributed by atoms with E-state index < -0.39 is 11.2 Å². The van der Waals surface area contributed by atoms with E-state index in [1.54, 1.807) is 0 Å². The molecule has 0 radical (unpaired) electrons. The molecule has 0 unspecified atom stereocenters. The molecule has 18 heavy (non-hydrogen) atoms. The summed E-state index contributed by atoms with van der Waals surface area (Å²) in [6.07, 6.45) is 0. The van der Waals surface area contributed by atoms with Gasteiger partial charge in [0.1, 0.15) is 11.3 Å². The van der Waals surface area contributed by atoms with E-state index >= 15 is 0 Å². The normalized spacial score (nSPS) is 17.3. The quantitative estimate of drug-likeness (QED) is 0.510. The summed E-state index contributed by atoms with van der Waals surface area (Å²) in [6, 6.07) is 0. The number of nitrogens with zero attached hydrogens (tertiary/aromatic N) is 2. The standard InChI is InChI=1S/C10H14N6O2/c17-9-7-8(14-10(18)15-9)13-6(12-7)5-16-3-1-11-2-4-16/h11H,1-5H2,(H3,12,13,14,15,17,18). The van der Waals surface area contributed by atoms with E-state index in [1.807, 2.05) is 0 Å². The highest BCUT2D eigenvalue weighted by molar-refractivity contribution is 5.68. The summed E-state index contributed by atoms with van der Waals surface area (Å²) in [4.78, 5) is 36.8. The lowest BCUT2D eigenvalue weighted by atomic mass is 10.3. The van der Waals surface area contributed by atoms with Crippen molar-refractivity contribution in [3.63, 3.8) is 0 Å². The smallest absolute Gasteiger partial charge is 0.327 e. The highest BCUT2D eigenvalue weighted by atomic mass is 16.2. The fraction of sp³-hybridized carbons (Fsp3) is 0.500. The summed E-state index contributed by atoms with van der Waals surface area (Å²) in [5.74, 6) is 0.694. The number of piperazine rings is 1. The molecule has 1 aliphatic rings. The molecular weight excluding hydrogens is 236 g/mol. The van der Waals surface area contributed by atoms with Gasteiger partial charge in [-0.05, 0) is 0 Å². The summed E-state index contributed by atoms with van der Waals surface area (Å²) in [5, 5.41) is 3.27. The van der Waals surface area contributed by atoms with Crippen LogP contribution in [-0.2, 0) is 6.54 Å². The van der Waals surface area contributed by atoms with Crippen LogP contribution in [0, 0.1) is 0 Å². The van der Waals surface area contributed by atoms with Crippen LogP contribution in [0.2, 0.25) is 0 Å². The van der Waals surface area contributed by atoms with E-state index in [1.165, 1.54) is 0 Å². The zero-order valence-corrected chi connectivity index (χ0v) is 9.75. The minimum atomic E-state index is -0.535. The Labute approximate surface area is 101 Å². The molecular formula is C10H14N6O2. The fourth-order valence-electron chi connectivity index (χ4n) is 2.14. The first-order valence-electron chi connectivity index (χ1n) is 5.86. The Bertz CT molecular complexity index is 663. The van der Waals surface area contributed by atoms with Crippen LogP contribution >= 0.6 is 0 Å². The van der Waals surface area contributed by atoms with E-state index in [0.717, 1.165) is 26.2 Å². The summed E-state index contributed by atoms with van der Waals surface area (Å²) in [7, 11) is 0. The van der Waals surface area contributed by atoms with Crippen LogP contribution in [0.4, 0.5) is 0 Å². The van der Waals surface area contributed by atoms with Gasteiger partial charge in [-0.3, -0.25) is 19.7 Å². The first-order valence-corrected chi connectivity index (χ1v) is 5.86. The molecule has 3 rings (SSSR count). The van der Waals surface area contributed by atoms with Crippen molar-refractivity contribution in [3.8, 4) is 0 Å². The summed E-state index contributed by atoms with van der Waals surface area (Å²) >= 11 is 0. The molecule has 0 bridgehead atoms. The Morgan fingerprint density at radius 2 is 1.89 bits per heavy atom. The zero-order valence-electron chi connectivity index (χ0n) is 9.75. The predicted octanol–water partition coefficient (Wildman–Crippen LogP) is -1.66. The lowest BCUT2D eigenvalue weighted by molar-refractivity contribution is 0.229. The van der Waals surface area contributed by atoms with E-state index in [-0.39, 0.29) is 0 Å². The SMILES string of the molecule is O=c1[nH]c(=O)c2[nH]c(CN3CCNCC3)nc2[nH]1. The van der Waals surface area contributed by atoms with Crippen molar-refractivity contribution in [2.24, 2.45) is 0 Å². The molecule has 0 saturated carbocycles. The molecule has 1 aliphatic heterocycles. The predicted molar refractivity (Wildman–Crippen MR) is 65.5 cm³/mol. The van der Waals surface area contributed by atoms with Crippen LogP contribution in [-0.4, -0.2) is 51.0 Å². The molecule has 1 fully saturated rings. The van der Waals surface area contributed by atoms with E-state index in [9.17, 15) is 9.59 Å². The van der Waals surface area contributed by atoms with Gasteiger partial charge >= 0.3 is 5.69 Å². The largest absolute Gasteiger partial charge is 0.335 e. The van der Waals surface area contributed by atoms with Gasteiger partial charge in [0.25, 0.3) is 5.56 Å². The molecule has 3 heterocycles. The molecule has 0 amide bonds. The minimum absolute atomic E-state index is 0.314. The Balaban J connectivity index is 1.91. The first-order chi connectivity index (χ1) is 8.72. The second-order valence-electron chi connectivity index (χ2n) is 4.34. The van der Waals surface area contributed by atoms with Crippen molar-refractivity contribution < 1.29 is 0 Å².